The van der Waals surface area contributed by atoms with Gasteiger partial charge in [-0.3, -0.25) is 0 Å². The molecule has 1 rings (SSSR count). The molecular weight excluding hydrogens is 144 g/mol. The molecule has 4 nitrogen and oxygen atoms in total. The quantitative estimate of drug-likeness (QED) is 0.590. The standard InChI is InChI=1S/C7H6N2O2/c1-2-3-9-5-6(4-8-9)7(10)11/h4-5H,1H3,(H,10,11). The van der Waals surface area contributed by atoms with Crippen molar-refractivity contribution in [3.05, 3.63) is 18.0 Å². The van der Waals surface area contributed by atoms with Crippen LogP contribution in [0.1, 0.15) is 17.3 Å². The molecule has 11 heavy (non-hydrogen) atoms. The molecular formula is C7H6N2O2. The Bertz CT molecular complexity index is 330. The molecule has 0 aromatic carbocycles. The molecule has 0 fully saturated rings. The van der Waals surface area contributed by atoms with Crippen LogP contribution < -0.4 is 0 Å². The number of carboxylic acid groups (broad SMARTS) is 1. The first kappa shape index (κ1) is 7.35. The van der Waals surface area contributed by atoms with E-state index in [-0.39, 0.29) is 5.56 Å². The van der Waals surface area contributed by atoms with E-state index in [0.29, 0.717) is 0 Å². The third-order valence-corrected chi connectivity index (χ3v) is 1.06. The maximum absolute atomic E-state index is 10.3. The van der Waals surface area contributed by atoms with Crippen molar-refractivity contribution in [1.29, 1.82) is 0 Å². The van der Waals surface area contributed by atoms with Crippen molar-refractivity contribution in [2.75, 3.05) is 0 Å². The Morgan fingerprint density at radius 2 is 2.55 bits per heavy atom. The molecule has 0 unspecified atom stereocenters. The van der Waals surface area contributed by atoms with Crippen LogP contribution in [0, 0.1) is 12.0 Å². The molecule has 0 saturated heterocycles. The van der Waals surface area contributed by atoms with Crippen molar-refractivity contribution < 1.29 is 9.90 Å². The number of aromatic nitrogens is 2. The van der Waals surface area contributed by atoms with Crippen LogP contribution >= 0.6 is 0 Å². The summed E-state index contributed by atoms with van der Waals surface area (Å²) in [5.41, 5.74) is 0.146. The van der Waals surface area contributed by atoms with E-state index in [4.69, 9.17) is 5.11 Å². The van der Waals surface area contributed by atoms with Crippen molar-refractivity contribution in [2.24, 2.45) is 0 Å². The summed E-state index contributed by atoms with van der Waals surface area (Å²) in [6, 6.07) is 2.58. The summed E-state index contributed by atoms with van der Waals surface area (Å²) in [4.78, 5) is 10.3. The van der Waals surface area contributed by atoms with E-state index in [1.165, 1.54) is 17.1 Å². The van der Waals surface area contributed by atoms with Gasteiger partial charge in [-0.1, -0.05) is 5.92 Å². The number of hydrogen-bond donors (Lipinski definition) is 1. The van der Waals surface area contributed by atoms with E-state index in [9.17, 15) is 4.79 Å². The number of rotatable bonds is 1. The first-order valence-corrected chi connectivity index (χ1v) is 2.95. The molecule has 4 heteroatoms. The third-order valence-electron chi connectivity index (χ3n) is 1.06. The highest BCUT2D eigenvalue weighted by Gasteiger charge is 2.03. The van der Waals surface area contributed by atoms with Crippen molar-refractivity contribution in [3.8, 4) is 12.0 Å². The number of hydrogen-bond acceptors (Lipinski definition) is 2. The van der Waals surface area contributed by atoms with Gasteiger partial charge in [0, 0.05) is 6.04 Å². The summed E-state index contributed by atoms with van der Waals surface area (Å²) in [5.74, 6) is 1.60. The molecule has 1 aromatic rings. The molecule has 0 aliphatic carbocycles. The van der Waals surface area contributed by atoms with Crippen LogP contribution in [-0.4, -0.2) is 20.9 Å². The van der Waals surface area contributed by atoms with Gasteiger partial charge in [0.25, 0.3) is 0 Å². The highest BCUT2D eigenvalue weighted by Crippen LogP contribution is 1.94. The fraction of sp³-hybridized carbons (Fsp3) is 0.143. The Kier molecular flexibility index (Phi) is 1.93. The highest BCUT2D eigenvalue weighted by atomic mass is 16.4. The highest BCUT2D eigenvalue weighted by molar-refractivity contribution is 5.86. The van der Waals surface area contributed by atoms with Gasteiger partial charge in [0.05, 0.1) is 18.0 Å². The normalized spacial score (nSPS) is 8.45. The Morgan fingerprint density at radius 3 is 3.00 bits per heavy atom. The van der Waals surface area contributed by atoms with Crippen molar-refractivity contribution in [2.45, 2.75) is 6.92 Å². The first-order valence-electron chi connectivity index (χ1n) is 2.95. The van der Waals surface area contributed by atoms with Crippen LogP contribution in [0.3, 0.4) is 0 Å². The molecule has 0 aliphatic rings. The minimum atomic E-state index is -0.992. The lowest BCUT2D eigenvalue weighted by atomic mass is 10.4. The average Bonchev–Trinajstić information content (AvgIpc) is 2.37. The molecule has 0 aliphatic heterocycles. The van der Waals surface area contributed by atoms with Gasteiger partial charge < -0.3 is 5.11 Å². The molecule has 0 bridgehead atoms. The molecule has 0 amide bonds. The maximum atomic E-state index is 10.3. The molecule has 0 radical (unpaired) electrons. The summed E-state index contributed by atoms with van der Waals surface area (Å²) in [5, 5.41) is 12.2. The predicted molar refractivity (Wildman–Crippen MR) is 38.0 cm³/mol. The molecule has 1 heterocycles. The lowest BCUT2D eigenvalue weighted by molar-refractivity contribution is 0.0697. The monoisotopic (exact) mass is 150 g/mol. The molecule has 0 spiro atoms. The number of carbonyl (C=O) groups is 1. The number of aromatic carboxylic acids is 1. The Hall–Kier alpha value is -1.76. The van der Waals surface area contributed by atoms with Crippen LogP contribution in [0.5, 0.6) is 0 Å². The summed E-state index contributed by atoms with van der Waals surface area (Å²) >= 11 is 0. The zero-order chi connectivity index (χ0) is 8.27. The second-order valence-electron chi connectivity index (χ2n) is 1.84. The second kappa shape index (κ2) is 2.88. The van der Waals surface area contributed by atoms with Crippen LogP contribution in [0.25, 0.3) is 0 Å². The lowest BCUT2D eigenvalue weighted by Gasteiger charge is -1.81. The van der Waals surface area contributed by atoms with E-state index < -0.39 is 5.97 Å². The average molecular weight is 150 g/mol. The van der Waals surface area contributed by atoms with Crippen molar-refractivity contribution >= 4 is 5.97 Å². The SMILES string of the molecule is CC#Cn1cc(C(=O)O)cn1. The van der Waals surface area contributed by atoms with Crippen LogP contribution in [0.4, 0.5) is 0 Å². The molecule has 0 saturated carbocycles. The van der Waals surface area contributed by atoms with E-state index in [1.807, 2.05) is 0 Å². The lowest BCUT2D eigenvalue weighted by Crippen LogP contribution is -1.92. The minimum absolute atomic E-state index is 0.146. The van der Waals surface area contributed by atoms with E-state index in [2.05, 4.69) is 17.1 Å². The smallest absolute Gasteiger partial charge is 0.338 e. The topological polar surface area (TPSA) is 55.1 Å². The van der Waals surface area contributed by atoms with Crippen LogP contribution in [0.15, 0.2) is 12.4 Å². The number of nitrogens with zero attached hydrogens (tertiary/aromatic N) is 2. The van der Waals surface area contributed by atoms with Gasteiger partial charge in [-0.15, -0.1) is 0 Å². The van der Waals surface area contributed by atoms with Gasteiger partial charge in [0.15, 0.2) is 0 Å². The summed E-state index contributed by atoms with van der Waals surface area (Å²) in [7, 11) is 0. The van der Waals surface area contributed by atoms with Crippen LogP contribution in [-0.2, 0) is 0 Å². The second-order valence-corrected chi connectivity index (χ2v) is 1.84. The van der Waals surface area contributed by atoms with Gasteiger partial charge >= 0.3 is 5.97 Å². The molecule has 0 atom stereocenters. The maximum Gasteiger partial charge on any atom is 0.338 e. The van der Waals surface area contributed by atoms with Gasteiger partial charge in [-0.2, -0.15) is 9.78 Å². The van der Waals surface area contributed by atoms with Gasteiger partial charge in [-0.25, -0.2) is 4.79 Å². The van der Waals surface area contributed by atoms with E-state index in [0.717, 1.165) is 0 Å². The fourth-order valence-corrected chi connectivity index (χ4v) is 0.609. The zero-order valence-electron chi connectivity index (χ0n) is 5.90. The van der Waals surface area contributed by atoms with E-state index >= 15 is 0 Å². The molecule has 1 aromatic heterocycles. The zero-order valence-corrected chi connectivity index (χ0v) is 5.90. The fourth-order valence-electron chi connectivity index (χ4n) is 0.609. The summed E-state index contributed by atoms with van der Waals surface area (Å²) in [6.07, 6.45) is 2.62. The first-order chi connectivity index (χ1) is 5.24. The van der Waals surface area contributed by atoms with E-state index in [1.54, 1.807) is 6.92 Å². The Morgan fingerprint density at radius 1 is 1.82 bits per heavy atom. The summed E-state index contributed by atoms with van der Waals surface area (Å²) < 4.78 is 1.27. The van der Waals surface area contributed by atoms with Crippen molar-refractivity contribution in [3.63, 3.8) is 0 Å². The predicted octanol–water partition coefficient (Wildman–Crippen LogP) is 0.410. The Balaban J connectivity index is 2.96. The molecule has 56 valence electrons. The van der Waals surface area contributed by atoms with Crippen LogP contribution in [0.2, 0.25) is 0 Å². The third kappa shape index (κ3) is 1.58. The largest absolute Gasteiger partial charge is 0.478 e. The Labute approximate surface area is 63.5 Å². The van der Waals surface area contributed by atoms with Gasteiger partial charge in [-0.05, 0) is 6.92 Å². The van der Waals surface area contributed by atoms with Gasteiger partial charge in [0.2, 0.25) is 0 Å². The number of carboxylic acids is 1. The van der Waals surface area contributed by atoms with Gasteiger partial charge in [0.1, 0.15) is 0 Å². The minimum Gasteiger partial charge on any atom is -0.478 e. The molecule has 1 N–H and O–H groups in total. The summed E-state index contributed by atoms with van der Waals surface area (Å²) in [6.45, 7) is 1.65. The van der Waals surface area contributed by atoms with Crippen molar-refractivity contribution in [1.82, 2.24) is 9.78 Å².